The fourth-order valence-electron chi connectivity index (χ4n) is 5.39. The molecule has 10 nitrogen and oxygen atoms in total. The van der Waals surface area contributed by atoms with E-state index in [9.17, 15) is 19.2 Å². The van der Waals surface area contributed by atoms with Crippen molar-refractivity contribution >= 4 is 23.8 Å². The van der Waals surface area contributed by atoms with Gasteiger partial charge < -0.3 is 29.6 Å². The minimum absolute atomic E-state index is 0.0335. The van der Waals surface area contributed by atoms with Crippen LogP contribution in [0.15, 0.2) is 66.7 Å². The van der Waals surface area contributed by atoms with E-state index >= 15 is 0 Å². The topological polar surface area (TPSA) is 133 Å². The molecule has 0 bridgehead atoms. The summed E-state index contributed by atoms with van der Waals surface area (Å²) in [6, 6.07) is 16.1. The zero-order valence-electron chi connectivity index (χ0n) is 27.5. The quantitative estimate of drug-likeness (QED) is 0.321. The first-order chi connectivity index (χ1) is 21.9. The lowest BCUT2D eigenvalue weighted by Crippen LogP contribution is -2.51. The Bertz CT molecular complexity index is 1390. The molecule has 6 atom stereocenters. The lowest BCUT2D eigenvalue weighted by atomic mass is 9.92. The van der Waals surface area contributed by atoms with Crippen LogP contribution in [-0.4, -0.2) is 61.8 Å². The first kappa shape index (κ1) is 34.7. The second kappa shape index (κ2) is 15.4. The number of hydrogen-bond acceptors (Lipinski definition) is 8. The van der Waals surface area contributed by atoms with Crippen LogP contribution in [0.2, 0.25) is 0 Å². The number of benzene rings is 2. The molecular formula is C36H46N2O8. The van der Waals surface area contributed by atoms with Gasteiger partial charge in [0.25, 0.3) is 0 Å². The Morgan fingerprint density at radius 1 is 0.957 bits per heavy atom. The summed E-state index contributed by atoms with van der Waals surface area (Å²) in [7, 11) is 1.57. The van der Waals surface area contributed by atoms with Gasteiger partial charge in [0.2, 0.25) is 11.8 Å². The molecule has 2 aromatic carbocycles. The molecule has 2 aliphatic heterocycles. The normalized spacial score (nSPS) is 27.1. The minimum atomic E-state index is -1.17. The molecule has 0 aliphatic carbocycles. The van der Waals surface area contributed by atoms with Gasteiger partial charge in [-0.2, -0.15) is 0 Å². The van der Waals surface area contributed by atoms with E-state index in [1.807, 2.05) is 63.2 Å². The van der Waals surface area contributed by atoms with Crippen molar-refractivity contribution < 1.29 is 38.1 Å². The maximum atomic E-state index is 13.6. The van der Waals surface area contributed by atoms with Gasteiger partial charge in [-0.1, -0.05) is 69.3 Å². The number of amides is 2. The van der Waals surface area contributed by atoms with Crippen molar-refractivity contribution in [1.82, 2.24) is 10.6 Å². The molecule has 2 aliphatic rings. The van der Waals surface area contributed by atoms with E-state index < -0.39 is 47.4 Å². The Hall–Kier alpha value is -4.18. The van der Waals surface area contributed by atoms with Gasteiger partial charge in [0.15, 0.2) is 6.10 Å². The van der Waals surface area contributed by atoms with Crippen LogP contribution in [0.25, 0.3) is 0 Å². The number of esters is 2. The first-order valence-electron chi connectivity index (χ1n) is 15.9. The molecule has 1 fully saturated rings. The van der Waals surface area contributed by atoms with E-state index in [0.717, 1.165) is 11.1 Å². The lowest BCUT2D eigenvalue weighted by Gasteiger charge is -2.29. The molecule has 4 rings (SSSR count). The van der Waals surface area contributed by atoms with Crippen molar-refractivity contribution in [2.24, 2.45) is 17.3 Å². The molecule has 2 aromatic rings. The summed E-state index contributed by atoms with van der Waals surface area (Å²) in [6.45, 7) is 9.00. The van der Waals surface area contributed by atoms with Gasteiger partial charge in [0, 0.05) is 25.3 Å². The van der Waals surface area contributed by atoms with Crippen LogP contribution in [0.4, 0.5) is 0 Å². The monoisotopic (exact) mass is 634 g/mol. The molecular weight excluding hydrogens is 588 g/mol. The third-order valence-electron chi connectivity index (χ3n) is 8.35. The van der Waals surface area contributed by atoms with Gasteiger partial charge >= 0.3 is 11.9 Å². The average molecular weight is 635 g/mol. The number of hydrogen-bond donors (Lipinski definition) is 2. The molecule has 2 N–H and O–H groups in total. The van der Waals surface area contributed by atoms with Crippen molar-refractivity contribution in [3.8, 4) is 5.75 Å². The van der Waals surface area contributed by atoms with Gasteiger partial charge in [-0.05, 0) is 55.5 Å². The first-order valence-corrected chi connectivity index (χ1v) is 15.9. The van der Waals surface area contributed by atoms with E-state index in [4.69, 9.17) is 18.9 Å². The third kappa shape index (κ3) is 9.42. The van der Waals surface area contributed by atoms with Crippen LogP contribution in [-0.2, 0) is 39.8 Å². The average Bonchev–Trinajstić information content (AvgIpc) is 3.83. The van der Waals surface area contributed by atoms with Crippen molar-refractivity contribution in [2.75, 3.05) is 13.7 Å². The van der Waals surface area contributed by atoms with E-state index in [0.29, 0.717) is 5.75 Å². The zero-order valence-corrected chi connectivity index (χ0v) is 27.5. The highest BCUT2D eigenvalue weighted by Gasteiger charge is 2.48. The predicted molar refractivity (Wildman–Crippen MR) is 172 cm³/mol. The molecule has 1 saturated heterocycles. The molecule has 0 saturated carbocycles. The van der Waals surface area contributed by atoms with Crippen LogP contribution in [0.1, 0.15) is 64.7 Å². The van der Waals surface area contributed by atoms with Crippen LogP contribution < -0.4 is 15.4 Å². The van der Waals surface area contributed by atoms with Gasteiger partial charge in [-0.25, -0.2) is 4.79 Å². The van der Waals surface area contributed by atoms with Crippen molar-refractivity contribution in [1.29, 1.82) is 0 Å². The molecule has 0 aromatic heterocycles. The van der Waals surface area contributed by atoms with Crippen LogP contribution in [0, 0.1) is 17.3 Å². The Morgan fingerprint density at radius 3 is 2.30 bits per heavy atom. The zero-order chi connectivity index (χ0) is 33.4. The highest BCUT2D eigenvalue weighted by atomic mass is 16.6. The molecule has 0 spiro atoms. The lowest BCUT2D eigenvalue weighted by molar-refractivity contribution is -0.179. The summed E-state index contributed by atoms with van der Waals surface area (Å²) in [4.78, 5) is 53.4. The Labute approximate surface area is 271 Å². The fourth-order valence-corrected chi connectivity index (χ4v) is 5.39. The molecule has 248 valence electrons. The SMILES string of the molecule is COc1ccc(C[C@H]2NC(=O)/C=C/C[C@@H]([C@H](C)[C@H]3O[C@@H]3c3ccccc3)OC(=O)[C@H](CC(C)C)OC(=O)C(C)(C)CNC2=O)cc1. The van der Waals surface area contributed by atoms with E-state index in [1.54, 1.807) is 39.2 Å². The Kier molecular flexibility index (Phi) is 11.6. The smallest absolute Gasteiger partial charge is 0.347 e. The summed E-state index contributed by atoms with van der Waals surface area (Å²) in [6.07, 6.45) is 1.55. The van der Waals surface area contributed by atoms with Crippen molar-refractivity contribution in [3.63, 3.8) is 0 Å². The highest BCUT2D eigenvalue weighted by Crippen LogP contribution is 2.45. The highest BCUT2D eigenvalue weighted by molar-refractivity contribution is 5.93. The van der Waals surface area contributed by atoms with E-state index in [1.165, 1.54) is 6.08 Å². The van der Waals surface area contributed by atoms with Crippen molar-refractivity contribution in [2.45, 2.75) is 84.3 Å². The number of carbonyl (C=O) groups excluding carboxylic acids is 4. The Balaban J connectivity index is 1.60. The van der Waals surface area contributed by atoms with E-state index in [2.05, 4.69) is 10.6 Å². The number of carbonyl (C=O) groups is 4. The number of nitrogens with one attached hydrogen (secondary N) is 2. The maximum Gasteiger partial charge on any atom is 0.347 e. The molecule has 46 heavy (non-hydrogen) atoms. The number of rotatable bonds is 8. The van der Waals surface area contributed by atoms with Gasteiger partial charge in [-0.15, -0.1) is 0 Å². The number of cyclic esters (lactones) is 2. The molecule has 0 unspecified atom stereocenters. The number of ether oxygens (including phenoxy) is 4. The summed E-state index contributed by atoms with van der Waals surface area (Å²) >= 11 is 0. The second-order valence-corrected chi connectivity index (χ2v) is 13.1. The summed E-state index contributed by atoms with van der Waals surface area (Å²) in [5, 5.41) is 5.58. The van der Waals surface area contributed by atoms with Gasteiger partial charge in [-0.3, -0.25) is 14.4 Å². The number of epoxide rings is 1. The van der Waals surface area contributed by atoms with Crippen LogP contribution in [0.5, 0.6) is 5.75 Å². The standard InChI is InChI=1S/C36H46N2O8/c1-22(2)19-29-34(41)44-28(23(3)31-32(46-31)25-11-8-7-9-12-25)13-10-14-30(39)38-27(20-24-15-17-26(43-6)18-16-24)33(40)37-21-36(4,5)35(42)45-29/h7-12,14-18,22-23,27-29,31-32H,13,19-21H2,1-6H3,(H,37,40)(H,38,39)/b14-10+/t23-,27+,28-,29-,31+,32+/m0/s1. The predicted octanol–water partition coefficient (Wildman–Crippen LogP) is 4.47. The molecule has 10 heteroatoms. The van der Waals surface area contributed by atoms with Crippen LogP contribution in [0.3, 0.4) is 0 Å². The summed E-state index contributed by atoms with van der Waals surface area (Å²) < 4.78 is 23.1. The molecule has 0 radical (unpaired) electrons. The fraction of sp³-hybridized carbons (Fsp3) is 0.500. The van der Waals surface area contributed by atoms with Crippen molar-refractivity contribution in [3.05, 3.63) is 77.9 Å². The third-order valence-corrected chi connectivity index (χ3v) is 8.35. The largest absolute Gasteiger partial charge is 0.497 e. The van der Waals surface area contributed by atoms with Gasteiger partial charge in [0.05, 0.1) is 18.6 Å². The minimum Gasteiger partial charge on any atom is -0.497 e. The van der Waals surface area contributed by atoms with Crippen LogP contribution >= 0.6 is 0 Å². The number of methoxy groups -OCH3 is 1. The summed E-state index contributed by atoms with van der Waals surface area (Å²) in [5.41, 5.74) is 0.672. The van der Waals surface area contributed by atoms with Gasteiger partial charge in [0.1, 0.15) is 24.0 Å². The molecule has 2 heterocycles. The summed E-state index contributed by atoms with van der Waals surface area (Å²) in [5.74, 6) is -1.75. The second-order valence-electron chi connectivity index (χ2n) is 13.1. The van der Waals surface area contributed by atoms with E-state index in [-0.39, 0.29) is 49.9 Å². The molecule has 2 amide bonds. The Morgan fingerprint density at radius 2 is 1.65 bits per heavy atom. The maximum absolute atomic E-state index is 13.6.